The second kappa shape index (κ2) is 5.19. The third-order valence-corrected chi connectivity index (χ3v) is 3.27. The Labute approximate surface area is 115 Å². The normalized spacial score (nSPS) is 14.6. The predicted molar refractivity (Wildman–Crippen MR) is 68.0 cm³/mol. The second-order valence-corrected chi connectivity index (χ2v) is 4.91. The molecular weight excluding hydrogens is 268 g/mol. The Morgan fingerprint density at radius 3 is 3.00 bits per heavy atom. The van der Waals surface area contributed by atoms with Gasteiger partial charge in [-0.15, -0.1) is 0 Å². The number of aromatic nitrogens is 2. The molecule has 0 unspecified atom stereocenters. The van der Waals surface area contributed by atoms with E-state index in [0.29, 0.717) is 34.0 Å². The van der Waals surface area contributed by atoms with Crippen LogP contribution in [0.15, 0.2) is 22.7 Å². The van der Waals surface area contributed by atoms with Gasteiger partial charge in [-0.2, -0.15) is 4.98 Å². The summed E-state index contributed by atoms with van der Waals surface area (Å²) in [5.41, 5.74) is 0.637. The number of para-hydroxylation sites is 1. The van der Waals surface area contributed by atoms with E-state index in [4.69, 9.17) is 20.9 Å². The van der Waals surface area contributed by atoms with Gasteiger partial charge in [0, 0.05) is 11.5 Å². The van der Waals surface area contributed by atoms with Crippen LogP contribution in [0.1, 0.15) is 36.0 Å². The highest BCUT2D eigenvalue weighted by Gasteiger charge is 2.29. The highest BCUT2D eigenvalue weighted by molar-refractivity contribution is 6.32. The molecule has 1 aromatic heterocycles. The molecule has 0 atom stereocenters. The summed E-state index contributed by atoms with van der Waals surface area (Å²) in [6.07, 6.45) is 2.23. The van der Waals surface area contributed by atoms with Gasteiger partial charge in [0.15, 0.2) is 6.61 Å². The summed E-state index contributed by atoms with van der Waals surface area (Å²) in [7, 11) is 0. The summed E-state index contributed by atoms with van der Waals surface area (Å²) in [4.78, 5) is 4.26. The van der Waals surface area contributed by atoms with Crippen molar-refractivity contribution >= 4 is 11.6 Å². The SMILES string of the molecule is OCc1cccc(Cl)c1OCc1noc(C2CC2)n1. The zero-order valence-electron chi connectivity index (χ0n) is 10.2. The van der Waals surface area contributed by atoms with Crippen LogP contribution < -0.4 is 4.74 Å². The Balaban J connectivity index is 1.71. The maximum Gasteiger partial charge on any atom is 0.229 e. The fourth-order valence-electron chi connectivity index (χ4n) is 1.80. The van der Waals surface area contributed by atoms with Crippen molar-refractivity contribution in [1.82, 2.24) is 10.1 Å². The third kappa shape index (κ3) is 2.72. The van der Waals surface area contributed by atoms with Crippen molar-refractivity contribution in [3.8, 4) is 5.75 Å². The molecule has 0 radical (unpaired) electrons. The number of ether oxygens (including phenoxy) is 1. The molecule has 5 nitrogen and oxygen atoms in total. The lowest BCUT2D eigenvalue weighted by Crippen LogP contribution is -2.01. The number of rotatable bonds is 5. The van der Waals surface area contributed by atoms with Crippen molar-refractivity contribution in [3.05, 3.63) is 40.5 Å². The van der Waals surface area contributed by atoms with E-state index in [0.717, 1.165) is 12.8 Å². The van der Waals surface area contributed by atoms with Crippen LogP contribution in [-0.2, 0) is 13.2 Å². The Bertz CT molecular complexity index is 581. The van der Waals surface area contributed by atoms with E-state index in [1.54, 1.807) is 18.2 Å². The number of hydrogen-bond acceptors (Lipinski definition) is 5. The molecule has 3 rings (SSSR count). The maximum absolute atomic E-state index is 9.24. The molecular formula is C13H13ClN2O3. The van der Waals surface area contributed by atoms with Gasteiger partial charge < -0.3 is 14.4 Å². The molecule has 0 aliphatic heterocycles. The smallest absolute Gasteiger partial charge is 0.229 e. The van der Waals surface area contributed by atoms with Gasteiger partial charge in [-0.1, -0.05) is 28.9 Å². The zero-order chi connectivity index (χ0) is 13.2. The van der Waals surface area contributed by atoms with E-state index in [-0.39, 0.29) is 13.2 Å². The Kier molecular flexibility index (Phi) is 3.40. The van der Waals surface area contributed by atoms with E-state index in [1.807, 2.05) is 0 Å². The molecule has 0 amide bonds. The van der Waals surface area contributed by atoms with Gasteiger partial charge in [-0.3, -0.25) is 0 Å². The topological polar surface area (TPSA) is 68.4 Å². The van der Waals surface area contributed by atoms with Crippen LogP contribution >= 0.6 is 11.6 Å². The fourth-order valence-corrected chi connectivity index (χ4v) is 2.05. The summed E-state index contributed by atoms with van der Waals surface area (Å²) in [6.45, 7) is 0.0441. The maximum atomic E-state index is 9.24. The molecule has 0 saturated heterocycles. The van der Waals surface area contributed by atoms with Crippen LogP contribution in [0.2, 0.25) is 5.02 Å². The zero-order valence-corrected chi connectivity index (χ0v) is 10.9. The summed E-state index contributed by atoms with van der Waals surface area (Å²) in [5, 5.41) is 13.6. The molecule has 0 spiro atoms. The van der Waals surface area contributed by atoms with Crippen LogP contribution in [0.25, 0.3) is 0 Å². The largest absolute Gasteiger partial charge is 0.484 e. The number of aliphatic hydroxyl groups excluding tert-OH is 1. The fraction of sp³-hybridized carbons (Fsp3) is 0.385. The quantitative estimate of drug-likeness (QED) is 0.912. The van der Waals surface area contributed by atoms with Gasteiger partial charge in [0.05, 0.1) is 11.6 Å². The number of nitrogens with zero attached hydrogens (tertiary/aromatic N) is 2. The lowest BCUT2D eigenvalue weighted by Gasteiger charge is -2.09. The molecule has 0 bridgehead atoms. The average molecular weight is 281 g/mol. The van der Waals surface area contributed by atoms with Gasteiger partial charge in [0.1, 0.15) is 5.75 Å². The second-order valence-electron chi connectivity index (χ2n) is 4.50. The van der Waals surface area contributed by atoms with Gasteiger partial charge in [0.25, 0.3) is 0 Å². The minimum Gasteiger partial charge on any atom is -0.484 e. The van der Waals surface area contributed by atoms with Gasteiger partial charge >= 0.3 is 0 Å². The van der Waals surface area contributed by atoms with Crippen LogP contribution in [0.5, 0.6) is 5.75 Å². The Hall–Kier alpha value is -1.59. The molecule has 1 heterocycles. The third-order valence-electron chi connectivity index (χ3n) is 2.97. The number of benzene rings is 1. The highest BCUT2D eigenvalue weighted by atomic mass is 35.5. The van der Waals surface area contributed by atoms with Gasteiger partial charge in [-0.05, 0) is 18.9 Å². The van der Waals surface area contributed by atoms with E-state index in [2.05, 4.69) is 10.1 Å². The number of halogens is 1. The molecule has 1 aliphatic carbocycles. The predicted octanol–water partition coefficient (Wildman–Crippen LogP) is 2.67. The van der Waals surface area contributed by atoms with Crippen LogP contribution in [0, 0.1) is 0 Å². The molecule has 1 aromatic carbocycles. The lowest BCUT2D eigenvalue weighted by atomic mass is 10.2. The van der Waals surface area contributed by atoms with E-state index in [9.17, 15) is 5.11 Å². The molecule has 19 heavy (non-hydrogen) atoms. The van der Waals surface area contributed by atoms with E-state index in [1.165, 1.54) is 0 Å². The average Bonchev–Trinajstić information content (AvgIpc) is 3.17. The van der Waals surface area contributed by atoms with Gasteiger partial charge in [0.2, 0.25) is 11.7 Å². The first-order valence-electron chi connectivity index (χ1n) is 6.11. The lowest BCUT2D eigenvalue weighted by molar-refractivity contribution is 0.253. The van der Waals surface area contributed by atoms with Crippen molar-refractivity contribution in [1.29, 1.82) is 0 Å². The summed E-state index contributed by atoms with van der Waals surface area (Å²) >= 11 is 6.04. The van der Waals surface area contributed by atoms with Gasteiger partial charge in [-0.25, -0.2) is 0 Å². The van der Waals surface area contributed by atoms with E-state index >= 15 is 0 Å². The van der Waals surface area contributed by atoms with Crippen molar-refractivity contribution < 1.29 is 14.4 Å². The first kappa shape index (κ1) is 12.4. The molecule has 100 valence electrons. The minimum absolute atomic E-state index is 0.130. The molecule has 1 aliphatic rings. The van der Waals surface area contributed by atoms with Crippen LogP contribution in [0.4, 0.5) is 0 Å². The number of aliphatic hydroxyl groups is 1. The highest BCUT2D eigenvalue weighted by Crippen LogP contribution is 2.39. The Morgan fingerprint density at radius 2 is 2.26 bits per heavy atom. The van der Waals surface area contributed by atoms with Crippen molar-refractivity contribution in [3.63, 3.8) is 0 Å². The molecule has 2 aromatic rings. The van der Waals surface area contributed by atoms with Crippen molar-refractivity contribution in [2.24, 2.45) is 0 Å². The van der Waals surface area contributed by atoms with Crippen molar-refractivity contribution in [2.75, 3.05) is 0 Å². The first-order valence-corrected chi connectivity index (χ1v) is 6.49. The number of hydrogen-bond donors (Lipinski definition) is 1. The standard InChI is InChI=1S/C13H13ClN2O3/c14-10-3-1-2-9(6-17)12(10)18-7-11-15-13(19-16-11)8-4-5-8/h1-3,8,17H,4-7H2. The van der Waals surface area contributed by atoms with E-state index < -0.39 is 0 Å². The van der Waals surface area contributed by atoms with Crippen LogP contribution in [0.3, 0.4) is 0 Å². The Morgan fingerprint density at radius 1 is 1.42 bits per heavy atom. The van der Waals surface area contributed by atoms with Crippen molar-refractivity contribution in [2.45, 2.75) is 32.0 Å². The van der Waals surface area contributed by atoms with Crippen LogP contribution in [-0.4, -0.2) is 15.2 Å². The molecule has 1 N–H and O–H groups in total. The summed E-state index contributed by atoms with van der Waals surface area (Å²) in [6, 6.07) is 5.23. The first-order chi connectivity index (χ1) is 9.28. The molecule has 6 heteroatoms. The molecule has 1 saturated carbocycles. The minimum atomic E-state index is -0.130. The summed E-state index contributed by atoms with van der Waals surface area (Å²) < 4.78 is 10.7. The molecule has 1 fully saturated rings. The monoisotopic (exact) mass is 280 g/mol. The summed E-state index contributed by atoms with van der Waals surface area (Å²) in [5.74, 6) is 2.06.